The van der Waals surface area contributed by atoms with E-state index in [2.05, 4.69) is 15.5 Å². The molecule has 2 aliphatic rings. The van der Waals surface area contributed by atoms with Crippen LogP contribution in [-0.4, -0.2) is 53.0 Å². The lowest BCUT2D eigenvalue weighted by atomic mass is 9.81. The van der Waals surface area contributed by atoms with Crippen LogP contribution < -0.4 is 16.2 Å². The van der Waals surface area contributed by atoms with Crippen molar-refractivity contribution in [2.75, 3.05) is 19.6 Å². The molecule has 35 heavy (non-hydrogen) atoms. The van der Waals surface area contributed by atoms with Crippen molar-refractivity contribution in [1.29, 1.82) is 0 Å². The Labute approximate surface area is 201 Å². The van der Waals surface area contributed by atoms with Crippen molar-refractivity contribution in [2.45, 2.75) is 49.9 Å². The molecule has 0 spiro atoms. The van der Waals surface area contributed by atoms with Crippen molar-refractivity contribution in [3.8, 4) is 0 Å². The highest BCUT2D eigenvalue weighted by Crippen LogP contribution is 2.35. The number of aryl methyl sites for hydroxylation is 1. The maximum Gasteiger partial charge on any atom is 0.416 e. The molecular formula is C25H29F3N4O3. The predicted octanol–water partition coefficient (Wildman–Crippen LogP) is 2.66. The number of pyridine rings is 1. The van der Waals surface area contributed by atoms with Crippen LogP contribution in [0.5, 0.6) is 0 Å². The smallest absolute Gasteiger partial charge is 0.349 e. The largest absolute Gasteiger partial charge is 0.416 e. The Morgan fingerprint density at radius 3 is 2.43 bits per heavy atom. The summed E-state index contributed by atoms with van der Waals surface area (Å²) in [5.41, 5.74) is 0.140. The average Bonchev–Trinajstić information content (AvgIpc) is 2.81. The van der Waals surface area contributed by atoms with Gasteiger partial charge in [0.15, 0.2) is 0 Å². The quantitative estimate of drug-likeness (QED) is 0.652. The number of carbonyl (C=O) groups is 2. The van der Waals surface area contributed by atoms with Crippen LogP contribution in [0.4, 0.5) is 13.2 Å². The molecule has 2 N–H and O–H groups in total. The third-order valence-electron chi connectivity index (χ3n) is 6.93. The van der Waals surface area contributed by atoms with Gasteiger partial charge in [-0.1, -0.05) is 12.1 Å². The lowest BCUT2D eigenvalue weighted by molar-refractivity contribution is -0.137. The summed E-state index contributed by atoms with van der Waals surface area (Å²) in [7, 11) is 1.77. The molecule has 188 valence electrons. The Kier molecular flexibility index (Phi) is 7.30. The van der Waals surface area contributed by atoms with Crippen LogP contribution in [0.25, 0.3) is 0 Å². The molecule has 1 aliphatic carbocycles. The molecule has 0 bridgehead atoms. The van der Waals surface area contributed by atoms with Crippen molar-refractivity contribution in [2.24, 2.45) is 7.05 Å². The fourth-order valence-electron chi connectivity index (χ4n) is 4.91. The van der Waals surface area contributed by atoms with Gasteiger partial charge in [-0.25, -0.2) is 0 Å². The summed E-state index contributed by atoms with van der Waals surface area (Å²) in [6, 6.07) is 8.10. The Morgan fingerprint density at radius 1 is 1.06 bits per heavy atom. The van der Waals surface area contributed by atoms with Crippen LogP contribution in [0.3, 0.4) is 0 Å². The molecule has 0 atom stereocenters. The van der Waals surface area contributed by atoms with E-state index in [1.54, 1.807) is 17.7 Å². The highest BCUT2D eigenvalue weighted by molar-refractivity contribution is 5.96. The normalized spacial score (nSPS) is 21.3. The summed E-state index contributed by atoms with van der Waals surface area (Å²) < 4.78 is 40.1. The number of hydrogen-bond donors (Lipinski definition) is 2. The Balaban J connectivity index is 1.17. The summed E-state index contributed by atoms with van der Waals surface area (Å²) in [5, 5.41) is 5.25. The van der Waals surface area contributed by atoms with Gasteiger partial charge in [-0.15, -0.1) is 0 Å². The van der Waals surface area contributed by atoms with Crippen LogP contribution in [0, 0.1) is 0 Å². The van der Waals surface area contributed by atoms with Crippen LogP contribution >= 0.6 is 0 Å². The van der Waals surface area contributed by atoms with Crippen LogP contribution in [0.15, 0.2) is 47.4 Å². The third-order valence-corrected chi connectivity index (χ3v) is 6.93. The number of halogens is 3. The molecule has 2 heterocycles. The average molecular weight is 491 g/mol. The fraction of sp³-hybridized carbons (Fsp3) is 0.480. The first-order valence-electron chi connectivity index (χ1n) is 11.8. The van der Waals surface area contributed by atoms with Gasteiger partial charge in [-0.05, 0) is 55.4 Å². The van der Waals surface area contributed by atoms with Crippen LogP contribution in [0.1, 0.15) is 53.1 Å². The zero-order valence-corrected chi connectivity index (χ0v) is 19.5. The number of alkyl halides is 3. The summed E-state index contributed by atoms with van der Waals surface area (Å²) in [5.74, 6) is -0.639. The molecule has 4 rings (SSSR count). The molecule has 2 aromatic rings. The number of carbonyl (C=O) groups excluding carboxylic acids is 2. The van der Waals surface area contributed by atoms with Crippen molar-refractivity contribution in [3.05, 3.63) is 69.6 Å². The monoisotopic (exact) mass is 490 g/mol. The van der Waals surface area contributed by atoms with Crippen molar-refractivity contribution in [3.63, 3.8) is 0 Å². The lowest BCUT2D eigenvalue weighted by Gasteiger charge is -2.46. The van der Waals surface area contributed by atoms with Crippen LogP contribution in [0.2, 0.25) is 0 Å². The van der Waals surface area contributed by atoms with E-state index in [4.69, 9.17) is 0 Å². The highest BCUT2D eigenvalue weighted by atomic mass is 19.4. The molecule has 0 radical (unpaired) electrons. The van der Waals surface area contributed by atoms with Gasteiger partial charge in [0.25, 0.3) is 5.91 Å². The SMILES string of the molecule is Cn1cc([C@H]2CC[C@@H](N3CC(NC(=O)CNC(=O)c4cccc(C(F)(F)F)c4)C3)CC2)ccc1=O. The molecule has 1 aromatic heterocycles. The minimum Gasteiger partial charge on any atom is -0.349 e. The summed E-state index contributed by atoms with van der Waals surface area (Å²) >= 11 is 0. The fourth-order valence-corrected chi connectivity index (χ4v) is 4.91. The number of nitrogens with one attached hydrogen (secondary N) is 2. The number of benzene rings is 1. The summed E-state index contributed by atoms with van der Waals surface area (Å²) in [6.07, 6.45) is 1.61. The van der Waals surface area contributed by atoms with E-state index in [0.717, 1.165) is 57.0 Å². The van der Waals surface area contributed by atoms with E-state index >= 15 is 0 Å². The molecule has 1 aromatic carbocycles. The highest BCUT2D eigenvalue weighted by Gasteiger charge is 2.35. The first-order chi connectivity index (χ1) is 16.6. The number of hydrogen-bond acceptors (Lipinski definition) is 4. The molecule has 0 unspecified atom stereocenters. The van der Waals surface area contributed by atoms with Crippen LogP contribution in [-0.2, 0) is 18.0 Å². The molecule has 7 nitrogen and oxygen atoms in total. The second-order valence-electron chi connectivity index (χ2n) is 9.40. The Bertz CT molecular complexity index is 1130. The predicted molar refractivity (Wildman–Crippen MR) is 124 cm³/mol. The zero-order valence-electron chi connectivity index (χ0n) is 19.5. The lowest BCUT2D eigenvalue weighted by Crippen LogP contribution is -2.63. The number of likely N-dealkylation sites (tertiary alicyclic amines) is 1. The van der Waals surface area contributed by atoms with E-state index in [1.165, 1.54) is 11.6 Å². The van der Waals surface area contributed by atoms with Gasteiger partial charge in [0, 0.05) is 44.0 Å². The van der Waals surface area contributed by atoms with Gasteiger partial charge in [-0.2, -0.15) is 13.2 Å². The van der Waals surface area contributed by atoms with Crippen molar-refractivity contribution < 1.29 is 22.8 Å². The summed E-state index contributed by atoms with van der Waals surface area (Å²) in [6.45, 7) is 1.18. The van der Waals surface area contributed by atoms with Crippen molar-refractivity contribution >= 4 is 11.8 Å². The van der Waals surface area contributed by atoms with E-state index in [-0.39, 0.29) is 29.6 Å². The first-order valence-corrected chi connectivity index (χ1v) is 11.8. The topological polar surface area (TPSA) is 83.4 Å². The number of amides is 2. The maximum absolute atomic E-state index is 12.8. The second kappa shape index (κ2) is 10.2. The van der Waals surface area contributed by atoms with E-state index in [1.807, 2.05) is 12.3 Å². The molecular weight excluding hydrogens is 461 g/mol. The number of rotatable bonds is 6. The minimum atomic E-state index is -4.54. The van der Waals surface area contributed by atoms with Gasteiger partial charge in [0.2, 0.25) is 11.5 Å². The Hall–Kier alpha value is -3.14. The van der Waals surface area contributed by atoms with Gasteiger partial charge in [-0.3, -0.25) is 19.3 Å². The molecule has 1 saturated carbocycles. The standard InChI is InChI=1S/C25H29F3N4O3/c1-31-13-18(7-10-23(31)34)16-5-8-21(9-6-16)32-14-20(15-32)30-22(33)12-29-24(35)17-3-2-4-19(11-17)25(26,27)28/h2-4,7,10-11,13,16,20-21H,5-6,8-9,12,14-15H2,1H3,(H,29,35)(H,30,33)/t16-,21+. The van der Waals surface area contributed by atoms with E-state index in [0.29, 0.717) is 12.0 Å². The van der Waals surface area contributed by atoms with E-state index < -0.39 is 17.6 Å². The molecule has 1 saturated heterocycles. The molecule has 10 heteroatoms. The van der Waals surface area contributed by atoms with E-state index in [9.17, 15) is 27.6 Å². The zero-order chi connectivity index (χ0) is 25.2. The Morgan fingerprint density at radius 2 is 1.77 bits per heavy atom. The minimum absolute atomic E-state index is 0.00525. The van der Waals surface area contributed by atoms with Gasteiger partial charge < -0.3 is 15.2 Å². The first kappa shape index (κ1) is 25.0. The second-order valence-corrected chi connectivity index (χ2v) is 9.40. The van der Waals surface area contributed by atoms with Gasteiger partial charge >= 0.3 is 6.18 Å². The molecule has 2 fully saturated rings. The molecule has 1 aliphatic heterocycles. The maximum atomic E-state index is 12.8. The molecule has 2 amide bonds. The number of nitrogens with zero attached hydrogens (tertiary/aromatic N) is 2. The third kappa shape index (κ3) is 6.11. The van der Waals surface area contributed by atoms with Gasteiger partial charge in [0.05, 0.1) is 18.2 Å². The van der Waals surface area contributed by atoms with Crippen molar-refractivity contribution in [1.82, 2.24) is 20.1 Å². The summed E-state index contributed by atoms with van der Waals surface area (Å²) in [4.78, 5) is 38.3. The van der Waals surface area contributed by atoms with Gasteiger partial charge in [0.1, 0.15) is 0 Å². The number of aromatic nitrogens is 1.